The Morgan fingerprint density at radius 3 is 2.68 bits per heavy atom. The van der Waals surface area contributed by atoms with Crippen molar-refractivity contribution < 1.29 is 9.23 Å². The average molecular weight is 253 g/mol. The van der Waals surface area contributed by atoms with E-state index in [1.54, 1.807) is 42.5 Å². The van der Waals surface area contributed by atoms with Crippen LogP contribution in [0.25, 0.3) is 0 Å². The molecule has 0 N–H and O–H groups in total. The second kappa shape index (κ2) is 6.31. The molecule has 0 saturated carbocycles. The maximum Gasteiger partial charge on any atom is 0.145 e. The Morgan fingerprint density at radius 2 is 1.89 bits per heavy atom. The van der Waals surface area contributed by atoms with Gasteiger partial charge in [0, 0.05) is 11.1 Å². The Morgan fingerprint density at radius 1 is 1.11 bits per heavy atom. The molecule has 93 valence electrons. The van der Waals surface area contributed by atoms with Gasteiger partial charge in [0.2, 0.25) is 0 Å². The highest BCUT2D eigenvalue weighted by atomic mass is 19.1. The molecule has 0 bridgehead atoms. The molecule has 0 aliphatic rings. The molecule has 0 unspecified atom stereocenters. The molecular weight excluding hydrogens is 243 g/mol. The Labute approximate surface area is 110 Å². The van der Waals surface area contributed by atoms with E-state index >= 15 is 0 Å². The number of nitrogens with zero attached hydrogens (tertiary/aromatic N) is 2. The quantitative estimate of drug-likeness (QED) is 0.620. The van der Waals surface area contributed by atoms with Crippen molar-refractivity contribution in [3.8, 4) is 6.07 Å². The van der Waals surface area contributed by atoms with Crippen LogP contribution in [0.15, 0.2) is 53.7 Å². The third-order valence-electron chi connectivity index (χ3n) is 2.41. The van der Waals surface area contributed by atoms with E-state index in [2.05, 4.69) is 11.4 Å². The van der Waals surface area contributed by atoms with Gasteiger partial charge in [0.1, 0.15) is 18.6 Å². The predicted octanol–water partition coefficient (Wildman–Crippen LogP) is 3.13. The summed E-state index contributed by atoms with van der Waals surface area (Å²) in [6.45, 7) is 0.0393. The van der Waals surface area contributed by atoms with Gasteiger partial charge >= 0.3 is 0 Å². The van der Waals surface area contributed by atoms with Crippen molar-refractivity contribution in [3.63, 3.8) is 0 Å². The van der Waals surface area contributed by atoms with Crippen molar-refractivity contribution in [2.24, 2.45) is 5.16 Å². The van der Waals surface area contributed by atoms with E-state index in [0.29, 0.717) is 16.7 Å². The van der Waals surface area contributed by atoms with Crippen LogP contribution in [0, 0.1) is 17.1 Å². The summed E-state index contributed by atoms with van der Waals surface area (Å²) in [6.07, 6.45) is 2.64. The van der Waals surface area contributed by atoms with Gasteiger partial charge in [0.05, 0.1) is 11.6 Å². The third kappa shape index (κ3) is 3.65. The standard InChI is InChI=1S/C15H10FN2O/c16-15-7-2-1-6-14(15)11-19-18-10-13-5-3-4-12(8-13)9-17/h1-8H,11H2. The smallest absolute Gasteiger partial charge is 0.145 e. The molecule has 0 amide bonds. The van der Waals surface area contributed by atoms with Gasteiger partial charge < -0.3 is 4.84 Å². The van der Waals surface area contributed by atoms with Crippen molar-refractivity contribution in [3.05, 3.63) is 71.0 Å². The van der Waals surface area contributed by atoms with Crippen LogP contribution < -0.4 is 0 Å². The molecule has 0 aliphatic heterocycles. The maximum absolute atomic E-state index is 13.3. The SMILES string of the molecule is N#Cc1cccc(/[C]=N\OCc2ccccc2F)c1. The minimum Gasteiger partial charge on any atom is -0.390 e. The topological polar surface area (TPSA) is 45.4 Å². The molecule has 0 atom stereocenters. The Kier molecular flexibility index (Phi) is 4.25. The summed E-state index contributed by atoms with van der Waals surface area (Å²) in [6, 6.07) is 15.1. The van der Waals surface area contributed by atoms with Crippen molar-refractivity contribution >= 4 is 6.21 Å². The zero-order valence-corrected chi connectivity index (χ0v) is 10.0. The molecule has 0 saturated heterocycles. The summed E-state index contributed by atoms with van der Waals surface area (Å²) in [5.41, 5.74) is 1.58. The maximum atomic E-state index is 13.3. The molecule has 0 fully saturated rings. The third-order valence-corrected chi connectivity index (χ3v) is 2.41. The van der Waals surface area contributed by atoms with E-state index < -0.39 is 0 Å². The summed E-state index contributed by atoms with van der Waals surface area (Å²) in [5, 5.41) is 12.4. The molecule has 2 rings (SSSR count). The molecule has 0 aliphatic carbocycles. The van der Waals surface area contributed by atoms with Crippen LogP contribution >= 0.6 is 0 Å². The highest BCUT2D eigenvalue weighted by Crippen LogP contribution is 2.08. The Balaban J connectivity index is 1.94. The van der Waals surface area contributed by atoms with Gasteiger partial charge in [-0.3, -0.25) is 0 Å². The van der Waals surface area contributed by atoms with Crippen LogP contribution in [-0.4, -0.2) is 6.21 Å². The molecular formula is C15H10FN2O. The summed E-state index contributed by atoms with van der Waals surface area (Å²) < 4.78 is 13.3. The minimum absolute atomic E-state index is 0.0393. The lowest BCUT2D eigenvalue weighted by Gasteiger charge is -2.00. The number of halogens is 1. The van der Waals surface area contributed by atoms with Gasteiger partial charge in [-0.2, -0.15) is 5.26 Å². The summed E-state index contributed by atoms with van der Waals surface area (Å²) in [7, 11) is 0. The molecule has 2 aromatic rings. The molecule has 0 aromatic heterocycles. The number of hydrogen-bond donors (Lipinski definition) is 0. The van der Waals surface area contributed by atoms with Crippen molar-refractivity contribution in [1.82, 2.24) is 0 Å². The van der Waals surface area contributed by atoms with Crippen LogP contribution in [0.3, 0.4) is 0 Å². The lowest BCUT2D eigenvalue weighted by Crippen LogP contribution is -1.92. The van der Waals surface area contributed by atoms with Crippen molar-refractivity contribution in [1.29, 1.82) is 5.26 Å². The fraction of sp³-hybridized carbons (Fsp3) is 0.0667. The average Bonchev–Trinajstić information content (AvgIpc) is 2.45. The minimum atomic E-state index is -0.329. The first-order valence-electron chi connectivity index (χ1n) is 5.61. The van der Waals surface area contributed by atoms with E-state index in [4.69, 9.17) is 10.1 Å². The molecule has 0 spiro atoms. The molecule has 0 heterocycles. The first-order chi connectivity index (χ1) is 9.29. The van der Waals surface area contributed by atoms with E-state index in [9.17, 15) is 4.39 Å². The first kappa shape index (κ1) is 12.8. The van der Waals surface area contributed by atoms with Gasteiger partial charge in [-0.1, -0.05) is 35.5 Å². The molecule has 1 radical (unpaired) electrons. The number of benzene rings is 2. The summed E-state index contributed by atoms with van der Waals surface area (Å²) in [4.78, 5) is 4.97. The largest absolute Gasteiger partial charge is 0.390 e. The normalized spacial score (nSPS) is 10.3. The molecule has 3 nitrogen and oxygen atoms in total. The lowest BCUT2D eigenvalue weighted by molar-refractivity contribution is 0.129. The zero-order chi connectivity index (χ0) is 13.5. The molecule has 2 aromatic carbocycles. The van der Waals surface area contributed by atoms with Gasteiger partial charge in [-0.25, -0.2) is 4.39 Å². The predicted molar refractivity (Wildman–Crippen MR) is 68.9 cm³/mol. The summed E-state index contributed by atoms with van der Waals surface area (Å²) >= 11 is 0. The number of hydrogen-bond acceptors (Lipinski definition) is 3. The summed E-state index contributed by atoms with van der Waals surface area (Å²) in [5.74, 6) is -0.329. The van der Waals surface area contributed by atoms with Gasteiger partial charge in [-0.05, 0) is 18.2 Å². The lowest BCUT2D eigenvalue weighted by atomic mass is 10.1. The van der Waals surface area contributed by atoms with E-state index in [1.807, 2.05) is 6.07 Å². The van der Waals surface area contributed by atoms with Crippen molar-refractivity contribution in [2.45, 2.75) is 6.61 Å². The van der Waals surface area contributed by atoms with Gasteiger partial charge in [0.25, 0.3) is 0 Å². The van der Waals surface area contributed by atoms with Gasteiger partial charge in [-0.15, -0.1) is 0 Å². The van der Waals surface area contributed by atoms with Crippen LogP contribution in [0.5, 0.6) is 0 Å². The molecule has 19 heavy (non-hydrogen) atoms. The molecule has 4 heteroatoms. The number of nitriles is 1. The fourth-order valence-corrected chi connectivity index (χ4v) is 1.46. The van der Waals surface area contributed by atoms with E-state index in [1.165, 1.54) is 6.07 Å². The van der Waals surface area contributed by atoms with Crippen LogP contribution in [0.2, 0.25) is 0 Å². The second-order valence-electron chi connectivity index (χ2n) is 3.76. The van der Waals surface area contributed by atoms with Crippen LogP contribution in [-0.2, 0) is 11.4 Å². The first-order valence-corrected chi connectivity index (χ1v) is 5.61. The highest BCUT2D eigenvalue weighted by molar-refractivity contribution is 5.79. The number of rotatable bonds is 4. The Hall–Kier alpha value is -2.67. The second-order valence-corrected chi connectivity index (χ2v) is 3.76. The van der Waals surface area contributed by atoms with E-state index in [-0.39, 0.29) is 12.4 Å². The monoisotopic (exact) mass is 253 g/mol. The van der Waals surface area contributed by atoms with Crippen LogP contribution in [0.1, 0.15) is 16.7 Å². The van der Waals surface area contributed by atoms with E-state index in [0.717, 1.165) is 0 Å². The highest BCUT2D eigenvalue weighted by Gasteiger charge is 1.99. The Bertz CT molecular complexity index is 632. The zero-order valence-electron chi connectivity index (χ0n) is 10.0. The van der Waals surface area contributed by atoms with Crippen molar-refractivity contribution in [2.75, 3.05) is 0 Å². The van der Waals surface area contributed by atoms with Gasteiger partial charge in [0.15, 0.2) is 0 Å². The van der Waals surface area contributed by atoms with Crippen LogP contribution in [0.4, 0.5) is 4.39 Å². The fourth-order valence-electron chi connectivity index (χ4n) is 1.46.